The highest BCUT2D eigenvalue weighted by Crippen LogP contribution is 2.35. The van der Waals surface area contributed by atoms with Crippen LogP contribution in [0.3, 0.4) is 0 Å². The normalized spacial score (nSPS) is 10.2. The van der Waals surface area contributed by atoms with Gasteiger partial charge in [-0.25, -0.2) is 0 Å². The summed E-state index contributed by atoms with van der Waals surface area (Å²) >= 11 is 0. The van der Waals surface area contributed by atoms with Crippen molar-refractivity contribution in [3.05, 3.63) is 46.5 Å². The molecule has 0 heterocycles. The van der Waals surface area contributed by atoms with Crippen LogP contribution in [0.15, 0.2) is 24.3 Å². The first-order valence-electron chi connectivity index (χ1n) is 7.60. The van der Waals surface area contributed by atoms with Crippen LogP contribution in [-0.4, -0.2) is 27.2 Å². The largest absolute Gasteiger partial charge is 0.496 e. The molecule has 2 rings (SSSR count). The first-order valence-corrected chi connectivity index (χ1v) is 7.60. The molecule has 0 unspecified atom stereocenters. The number of aryl methyl sites for hydroxylation is 3. The van der Waals surface area contributed by atoms with Crippen molar-refractivity contribution < 1.29 is 19.0 Å². The van der Waals surface area contributed by atoms with Gasteiger partial charge < -0.3 is 19.5 Å². The van der Waals surface area contributed by atoms with E-state index in [9.17, 15) is 4.79 Å². The second-order valence-electron chi connectivity index (χ2n) is 5.64. The zero-order valence-electron chi connectivity index (χ0n) is 14.9. The maximum Gasteiger partial charge on any atom is 0.259 e. The third-order valence-electron chi connectivity index (χ3n) is 3.87. The fourth-order valence-corrected chi connectivity index (χ4v) is 2.76. The third kappa shape index (κ3) is 3.45. The van der Waals surface area contributed by atoms with Crippen LogP contribution in [0.4, 0.5) is 5.69 Å². The Morgan fingerprint density at radius 3 is 1.79 bits per heavy atom. The summed E-state index contributed by atoms with van der Waals surface area (Å²) in [5.74, 6) is 1.14. The van der Waals surface area contributed by atoms with Crippen LogP contribution >= 0.6 is 0 Å². The smallest absolute Gasteiger partial charge is 0.259 e. The lowest BCUT2D eigenvalue weighted by Crippen LogP contribution is -2.15. The summed E-state index contributed by atoms with van der Waals surface area (Å²) in [4.78, 5) is 12.8. The van der Waals surface area contributed by atoms with Crippen molar-refractivity contribution in [3.8, 4) is 17.2 Å². The first-order chi connectivity index (χ1) is 11.4. The molecule has 0 fully saturated rings. The van der Waals surface area contributed by atoms with Gasteiger partial charge in [0.1, 0.15) is 5.75 Å². The highest BCUT2D eigenvalue weighted by atomic mass is 16.5. The topological polar surface area (TPSA) is 56.8 Å². The van der Waals surface area contributed by atoms with E-state index in [1.54, 1.807) is 12.1 Å². The van der Waals surface area contributed by atoms with Crippen LogP contribution in [0.2, 0.25) is 0 Å². The lowest BCUT2D eigenvalue weighted by Gasteiger charge is -2.16. The van der Waals surface area contributed by atoms with Crippen LogP contribution < -0.4 is 19.5 Å². The number of hydrogen-bond donors (Lipinski definition) is 1. The number of nitrogens with one attached hydrogen (secondary N) is 1. The van der Waals surface area contributed by atoms with Crippen molar-refractivity contribution in [1.29, 1.82) is 0 Å². The molecular weight excluding hydrogens is 306 g/mol. The predicted molar refractivity (Wildman–Crippen MR) is 94.7 cm³/mol. The summed E-state index contributed by atoms with van der Waals surface area (Å²) in [5.41, 5.74) is 4.38. The summed E-state index contributed by atoms with van der Waals surface area (Å²) < 4.78 is 15.9. The van der Waals surface area contributed by atoms with Gasteiger partial charge >= 0.3 is 0 Å². The van der Waals surface area contributed by atoms with Gasteiger partial charge in [0.2, 0.25) is 0 Å². The maximum absolute atomic E-state index is 12.8. The summed E-state index contributed by atoms with van der Waals surface area (Å²) in [5, 5.41) is 2.97. The number of methoxy groups -OCH3 is 3. The summed E-state index contributed by atoms with van der Waals surface area (Å²) in [7, 11) is 4.58. The summed E-state index contributed by atoms with van der Waals surface area (Å²) in [6, 6.07) is 7.33. The Balaban J connectivity index is 2.43. The predicted octanol–water partition coefficient (Wildman–Crippen LogP) is 3.89. The molecule has 5 nitrogen and oxygen atoms in total. The van der Waals surface area contributed by atoms with Gasteiger partial charge in [0.15, 0.2) is 11.5 Å². The molecule has 0 aliphatic heterocycles. The molecule has 128 valence electrons. The highest BCUT2D eigenvalue weighted by molar-refractivity contribution is 6.07. The fraction of sp³-hybridized carbons (Fsp3) is 0.316. The standard InChI is InChI=1S/C19H23NO4/c1-11-7-12(2)18(13(3)8-11)20-19(21)14-9-16(23-5)17(24-6)10-15(14)22-4/h7-10H,1-6H3,(H,20,21). The van der Waals surface area contributed by atoms with Crippen LogP contribution in [0.25, 0.3) is 0 Å². The van der Waals surface area contributed by atoms with Gasteiger partial charge in [-0.3, -0.25) is 4.79 Å². The van der Waals surface area contributed by atoms with Gasteiger partial charge in [0.25, 0.3) is 5.91 Å². The fourth-order valence-electron chi connectivity index (χ4n) is 2.76. The molecule has 0 radical (unpaired) electrons. The number of benzene rings is 2. The number of hydrogen-bond acceptors (Lipinski definition) is 4. The van der Waals surface area contributed by atoms with E-state index in [1.165, 1.54) is 21.3 Å². The third-order valence-corrected chi connectivity index (χ3v) is 3.87. The molecule has 1 amide bonds. The number of rotatable bonds is 5. The Labute approximate surface area is 142 Å². The lowest BCUT2D eigenvalue weighted by atomic mass is 10.0. The Hall–Kier alpha value is -2.69. The Morgan fingerprint density at radius 1 is 0.792 bits per heavy atom. The Morgan fingerprint density at radius 2 is 1.29 bits per heavy atom. The molecule has 24 heavy (non-hydrogen) atoms. The monoisotopic (exact) mass is 329 g/mol. The van der Waals surface area contributed by atoms with Crippen LogP contribution in [0, 0.1) is 20.8 Å². The van der Waals surface area contributed by atoms with E-state index >= 15 is 0 Å². The van der Waals surface area contributed by atoms with E-state index in [-0.39, 0.29) is 5.91 Å². The summed E-state index contributed by atoms with van der Waals surface area (Å²) in [6.45, 7) is 5.98. The molecule has 0 atom stereocenters. The minimum Gasteiger partial charge on any atom is -0.496 e. The minimum absolute atomic E-state index is 0.261. The molecule has 0 saturated carbocycles. The molecule has 0 aliphatic carbocycles. The van der Waals surface area contributed by atoms with Gasteiger partial charge in [0, 0.05) is 17.8 Å². The second kappa shape index (κ2) is 7.25. The van der Waals surface area contributed by atoms with E-state index in [2.05, 4.69) is 5.32 Å². The van der Waals surface area contributed by atoms with Crippen molar-refractivity contribution >= 4 is 11.6 Å². The molecular formula is C19H23NO4. The quantitative estimate of drug-likeness (QED) is 0.904. The average molecular weight is 329 g/mol. The molecule has 5 heteroatoms. The lowest BCUT2D eigenvalue weighted by molar-refractivity contribution is 0.102. The van der Waals surface area contributed by atoms with E-state index in [0.29, 0.717) is 22.8 Å². The van der Waals surface area contributed by atoms with Crippen molar-refractivity contribution in [2.24, 2.45) is 0 Å². The number of ether oxygens (including phenoxy) is 3. The second-order valence-corrected chi connectivity index (χ2v) is 5.64. The first kappa shape index (κ1) is 17.7. The highest BCUT2D eigenvalue weighted by Gasteiger charge is 2.19. The molecule has 1 N–H and O–H groups in total. The number of carbonyl (C=O) groups is 1. The maximum atomic E-state index is 12.8. The molecule has 0 bridgehead atoms. The van der Waals surface area contributed by atoms with Gasteiger partial charge in [-0.2, -0.15) is 0 Å². The minimum atomic E-state index is -0.261. The molecule has 2 aromatic rings. The number of anilines is 1. The van der Waals surface area contributed by atoms with E-state index in [0.717, 1.165) is 22.4 Å². The van der Waals surface area contributed by atoms with Gasteiger partial charge in [-0.1, -0.05) is 17.7 Å². The van der Waals surface area contributed by atoms with Crippen molar-refractivity contribution in [2.75, 3.05) is 26.6 Å². The molecule has 0 aromatic heterocycles. The average Bonchev–Trinajstić information content (AvgIpc) is 2.56. The van der Waals surface area contributed by atoms with Crippen LogP contribution in [0.5, 0.6) is 17.2 Å². The molecule has 0 aliphatic rings. The van der Waals surface area contributed by atoms with Crippen molar-refractivity contribution in [2.45, 2.75) is 20.8 Å². The zero-order chi connectivity index (χ0) is 17.9. The van der Waals surface area contributed by atoms with E-state index < -0.39 is 0 Å². The Bertz CT molecular complexity index is 745. The molecule has 0 spiro atoms. The van der Waals surface area contributed by atoms with Crippen LogP contribution in [0.1, 0.15) is 27.0 Å². The number of carbonyl (C=O) groups excluding carboxylic acids is 1. The Kier molecular flexibility index (Phi) is 5.34. The molecule has 2 aromatic carbocycles. The van der Waals surface area contributed by atoms with Gasteiger partial charge in [0.05, 0.1) is 26.9 Å². The van der Waals surface area contributed by atoms with Gasteiger partial charge in [-0.05, 0) is 31.9 Å². The van der Waals surface area contributed by atoms with E-state index in [1.807, 2.05) is 32.9 Å². The van der Waals surface area contributed by atoms with Crippen LogP contribution in [-0.2, 0) is 0 Å². The van der Waals surface area contributed by atoms with Gasteiger partial charge in [-0.15, -0.1) is 0 Å². The molecule has 0 saturated heterocycles. The van der Waals surface area contributed by atoms with Crippen molar-refractivity contribution in [1.82, 2.24) is 0 Å². The van der Waals surface area contributed by atoms with Crippen molar-refractivity contribution in [3.63, 3.8) is 0 Å². The number of amides is 1. The SMILES string of the molecule is COc1cc(OC)c(C(=O)Nc2c(C)cc(C)cc2C)cc1OC. The zero-order valence-corrected chi connectivity index (χ0v) is 14.9. The van der Waals surface area contributed by atoms with E-state index in [4.69, 9.17) is 14.2 Å². The summed E-state index contributed by atoms with van der Waals surface area (Å²) in [6.07, 6.45) is 0.